The van der Waals surface area contributed by atoms with Crippen LogP contribution in [0.5, 0.6) is 0 Å². The van der Waals surface area contributed by atoms with E-state index in [4.69, 9.17) is 0 Å². The van der Waals surface area contributed by atoms with Gasteiger partial charge in [-0.05, 0) is 41.4 Å². The second kappa shape index (κ2) is 6.55. The Balaban J connectivity index is 1.81. The summed E-state index contributed by atoms with van der Waals surface area (Å²) in [6, 6.07) is 7.86. The Morgan fingerprint density at radius 2 is 2.00 bits per heavy atom. The van der Waals surface area contributed by atoms with E-state index >= 15 is 0 Å². The number of amides is 1. The normalized spacial score (nSPS) is 10.6. The maximum Gasteiger partial charge on any atom is 0.259 e. The van der Waals surface area contributed by atoms with E-state index in [2.05, 4.69) is 49.4 Å². The average Bonchev–Trinajstić information content (AvgIpc) is 2.95. The van der Waals surface area contributed by atoms with Crippen LogP contribution in [0.2, 0.25) is 0 Å². The number of nitrogens with one attached hydrogen (secondary N) is 1. The van der Waals surface area contributed by atoms with Gasteiger partial charge in [0.2, 0.25) is 5.13 Å². The number of carbonyl (C=O) groups is 1. The molecule has 0 aliphatic carbocycles. The maximum atomic E-state index is 12.2. The van der Waals surface area contributed by atoms with E-state index in [0.717, 1.165) is 20.6 Å². The molecule has 5 nitrogen and oxygen atoms in total. The number of halogens is 1. The minimum atomic E-state index is -0.262. The summed E-state index contributed by atoms with van der Waals surface area (Å²) in [7, 11) is 0. The molecule has 0 saturated carbocycles. The Bertz CT molecular complexity index is 878. The van der Waals surface area contributed by atoms with Crippen LogP contribution in [0.25, 0.3) is 10.6 Å². The molecule has 3 rings (SSSR count). The number of hydrogen-bond donors (Lipinski definition) is 1. The van der Waals surface area contributed by atoms with Crippen molar-refractivity contribution in [3.05, 3.63) is 57.8 Å². The van der Waals surface area contributed by atoms with E-state index in [1.165, 1.54) is 23.1 Å². The molecule has 0 saturated heterocycles. The van der Waals surface area contributed by atoms with Gasteiger partial charge in [-0.3, -0.25) is 15.1 Å². The summed E-state index contributed by atoms with van der Waals surface area (Å²) >= 11 is 4.64. The molecule has 0 unspecified atom stereocenters. The van der Waals surface area contributed by atoms with Gasteiger partial charge in [0.25, 0.3) is 5.91 Å². The Kier molecular flexibility index (Phi) is 4.49. The molecule has 0 aliphatic heterocycles. The highest BCUT2D eigenvalue weighted by atomic mass is 79.9. The van der Waals surface area contributed by atoms with Crippen molar-refractivity contribution < 1.29 is 4.79 Å². The fourth-order valence-corrected chi connectivity index (χ4v) is 3.34. The Labute approximate surface area is 145 Å². The van der Waals surface area contributed by atoms with Crippen molar-refractivity contribution in [3.63, 3.8) is 0 Å². The van der Waals surface area contributed by atoms with Crippen LogP contribution in [0.15, 0.2) is 41.1 Å². The highest BCUT2D eigenvalue weighted by Gasteiger charge is 2.13. The second-order valence-electron chi connectivity index (χ2n) is 5.08. The lowest BCUT2D eigenvalue weighted by Crippen LogP contribution is -2.11. The highest BCUT2D eigenvalue weighted by Crippen LogP contribution is 2.29. The second-order valence-corrected chi connectivity index (χ2v) is 6.97. The van der Waals surface area contributed by atoms with Crippen molar-refractivity contribution in [3.8, 4) is 10.6 Å². The molecule has 0 atom stereocenters. The summed E-state index contributed by atoms with van der Waals surface area (Å²) in [5, 5.41) is 12.2. The third-order valence-corrected chi connectivity index (χ3v) is 4.53. The molecule has 0 fully saturated rings. The van der Waals surface area contributed by atoms with Crippen molar-refractivity contribution in [1.82, 2.24) is 15.2 Å². The van der Waals surface area contributed by atoms with Gasteiger partial charge in [0.1, 0.15) is 5.01 Å². The van der Waals surface area contributed by atoms with Crippen LogP contribution in [0, 0.1) is 13.8 Å². The van der Waals surface area contributed by atoms with Crippen molar-refractivity contribution in [2.24, 2.45) is 0 Å². The zero-order valence-electron chi connectivity index (χ0n) is 12.5. The van der Waals surface area contributed by atoms with E-state index in [9.17, 15) is 4.79 Å². The molecule has 1 aromatic carbocycles. The van der Waals surface area contributed by atoms with Crippen molar-refractivity contribution in [2.45, 2.75) is 13.8 Å². The lowest BCUT2D eigenvalue weighted by Gasteiger charge is -2.02. The van der Waals surface area contributed by atoms with Gasteiger partial charge < -0.3 is 0 Å². The van der Waals surface area contributed by atoms with Gasteiger partial charge in [-0.15, -0.1) is 10.2 Å². The number of hydrogen-bond acceptors (Lipinski definition) is 5. The largest absolute Gasteiger partial charge is 0.296 e. The molecule has 0 aliphatic rings. The molecule has 0 spiro atoms. The van der Waals surface area contributed by atoms with Gasteiger partial charge in [-0.25, -0.2) is 0 Å². The first-order valence-corrected chi connectivity index (χ1v) is 8.47. The van der Waals surface area contributed by atoms with Gasteiger partial charge in [0.15, 0.2) is 0 Å². The Morgan fingerprint density at radius 3 is 2.74 bits per heavy atom. The molecule has 0 radical (unpaired) electrons. The third kappa shape index (κ3) is 3.62. The minimum Gasteiger partial charge on any atom is -0.296 e. The van der Waals surface area contributed by atoms with Gasteiger partial charge in [-0.2, -0.15) is 0 Å². The van der Waals surface area contributed by atoms with Crippen LogP contribution in [0.1, 0.15) is 21.5 Å². The van der Waals surface area contributed by atoms with E-state index in [0.29, 0.717) is 10.7 Å². The van der Waals surface area contributed by atoms with Crippen LogP contribution in [-0.2, 0) is 0 Å². The van der Waals surface area contributed by atoms with Crippen molar-refractivity contribution in [2.75, 3.05) is 5.32 Å². The van der Waals surface area contributed by atoms with E-state index in [-0.39, 0.29) is 5.91 Å². The molecule has 3 aromatic rings. The Morgan fingerprint density at radius 1 is 1.17 bits per heavy atom. The first-order chi connectivity index (χ1) is 11.0. The molecule has 116 valence electrons. The summed E-state index contributed by atoms with van der Waals surface area (Å²) in [6.07, 6.45) is 3.13. The Hall–Kier alpha value is -2.12. The van der Waals surface area contributed by atoms with Crippen LogP contribution >= 0.6 is 27.3 Å². The molecule has 23 heavy (non-hydrogen) atoms. The number of benzene rings is 1. The van der Waals surface area contributed by atoms with Crippen molar-refractivity contribution >= 4 is 38.3 Å². The van der Waals surface area contributed by atoms with Crippen LogP contribution in [0.4, 0.5) is 5.13 Å². The molecule has 2 heterocycles. The van der Waals surface area contributed by atoms with E-state index in [1.54, 1.807) is 12.3 Å². The van der Waals surface area contributed by atoms with E-state index in [1.807, 2.05) is 19.1 Å². The standard InChI is InChI=1S/C16H13BrN4OS/c1-9-3-4-13(10(2)5-9)15-20-21-16(23-15)19-14(22)11-6-12(17)8-18-7-11/h3-8H,1-2H3,(H,19,21,22). The predicted molar refractivity (Wildman–Crippen MR) is 94.7 cm³/mol. The minimum absolute atomic E-state index is 0.262. The topological polar surface area (TPSA) is 67.8 Å². The quantitative estimate of drug-likeness (QED) is 0.728. The molecule has 0 bridgehead atoms. The fraction of sp³-hybridized carbons (Fsp3) is 0.125. The number of carbonyl (C=O) groups excluding carboxylic acids is 1. The monoisotopic (exact) mass is 388 g/mol. The lowest BCUT2D eigenvalue weighted by molar-refractivity contribution is 0.102. The number of pyridine rings is 1. The third-order valence-electron chi connectivity index (χ3n) is 3.22. The summed E-state index contributed by atoms with van der Waals surface area (Å²) in [6.45, 7) is 4.09. The maximum absolute atomic E-state index is 12.2. The molecule has 2 aromatic heterocycles. The smallest absolute Gasteiger partial charge is 0.259 e. The van der Waals surface area contributed by atoms with Crippen molar-refractivity contribution in [1.29, 1.82) is 0 Å². The number of nitrogens with zero attached hydrogens (tertiary/aromatic N) is 3. The molecule has 1 N–H and O–H groups in total. The molecule has 7 heteroatoms. The number of aryl methyl sites for hydroxylation is 2. The first kappa shape index (κ1) is 15.8. The van der Waals surface area contributed by atoms with Crippen LogP contribution in [0.3, 0.4) is 0 Å². The highest BCUT2D eigenvalue weighted by molar-refractivity contribution is 9.10. The first-order valence-electron chi connectivity index (χ1n) is 6.86. The lowest BCUT2D eigenvalue weighted by atomic mass is 10.1. The SMILES string of the molecule is Cc1ccc(-c2nnc(NC(=O)c3cncc(Br)c3)s2)c(C)c1. The summed E-state index contributed by atoms with van der Waals surface area (Å²) in [5.41, 5.74) is 3.82. The predicted octanol–water partition coefficient (Wildman–Crippen LogP) is 4.23. The summed E-state index contributed by atoms with van der Waals surface area (Å²) in [4.78, 5) is 16.2. The molecular formula is C16H13BrN4OS. The van der Waals surface area contributed by atoms with Gasteiger partial charge in [-0.1, -0.05) is 35.1 Å². The zero-order chi connectivity index (χ0) is 16.4. The summed E-state index contributed by atoms with van der Waals surface area (Å²) in [5.74, 6) is -0.262. The fourth-order valence-electron chi connectivity index (χ4n) is 2.14. The van der Waals surface area contributed by atoms with E-state index < -0.39 is 0 Å². The van der Waals surface area contributed by atoms with Crippen LogP contribution in [-0.4, -0.2) is 21.1 Å². The number of anilines is 1. The van der Waals surface area contributed by atoms with Gasteiger partial charge in [0, 0.05) is 22.4 Å². The van der Waals surface area contributed by atoms with Gasteiger partial charge >= 0.3 is 0 Å². The molecular weight excluding hydrogens is 376 g/mol. The van der Waals surface area contributed by atoms with Gasteiger partial charge in [0.05, 0.1) is 5.56 Å². The number of rotatable bonds is 3. The number of aromatic nitrogens is 3. The van der Waals surface area contributed by atoms with Crippen LogP contribution < -0.4 is 5.32 Å². The molecule has 1 amide bonds. The zero-order valence-corrected chi connectivity index (χ0v) is 14.9. The summed E-state index contributed by atoms with van der Waals surface area (Å²) < 4.78 is 0.749. The average molecular weight is 389 g/mol.